The SMILES string of the molecule is O=C(Nc1nccn1Cc1ccccc1Cl)c1cc2c(s1)CCC2. The fraction of sp³-hybridized carbons (Fsp3) is 0.222. The van der Waals surface area contributed by atoms with E-state index in [1.165, 1.54) is 16.9 Å². The van der Waals surface area contributed by atoms with Crippen LogP contribution in [0.4, 0.5) is 5.95 Å². The molecule has 4 rings (SSSR count). The molecule has 2 aromatic heterocycles. The molecule has 1 N–H and O–H groups in total. The number of carbonyl (C=O) groups excluding carboxylic acids is 1. The first-order valence-electron chi connectivity index (χ1n) is 7.88. The van der Waals surface area contributed by atoms with Crippen LogP contribution in [0.15, 0.2) is 42.7 Å². The van der Waals surface area contributed by atoms with Gasteiger partial charge in [-0.15, -0.1) is 11.3 Å². The van der Waals surface area contributed by atoms with Crippen LogP contribution in [0.1, 0.15) is 32.1 Å². The van der Waals surface area contributed by atoms with Crippen molar-refractivity contribution in [1.29, 1.82) is 0 Å². The van der Waals surface area contributed by atoms with E-state index in [2.05, 4.69) is 10.3 Å². The van der Waals surface area contributed by atoms with Crippen LogP contribution in [-0.2, 0) is 19.4 Å². The van der Waals surface area contributed by atoms with E-state index in [0.717, 1.165) is 23.3 Å². The van der Waals surface area contributed by atoms with E-state index >= 15 is 0 Å². The number of aromatic nitrogens is 2. The zero-order valence-corrected chi connectivity index (χ0v) is 14.5. The summed E-state index contributed by atoms with van der Waals surface area (Å²) in [4.78, 5) is 18.9. The Morgan fingerprint density at radius 3 is 3.04 bits per heavy atom. The maximum atomic E-state index is 12.5. The lowest BCUT2D eigenvalue weighted by atomic mass is 10.2. The average Bonchev–Trinajstić information content (AvgIpc) is 3.26. The van der Waals surface area contributed by atoms with E-state index in [1.807, 2.05) is 41.1 Å². The van der Waals surface area contributed by atoms with Gasteiger partial charge in [-0.1, -0.05) is 29.8 Å². The highest BCUT2D eigenvalue weighted by atomic mass is 35.5. The van der Waals surface area contributed by atoms with Crippen LogP contribution in [0.3, 0.4) is 0 Å². The molecule has 0 spiro atoms. The van der Waals surface area contributed by atoms with Gasteiger partial charge in [-0.05, 0) is 42.5 Å². The van der Waals surface area contributed by atoms with Crippen molar-refractivity contribution in [3.05, 3.63) is 68.6 Å². The quantitative estimate of drug-likeness (QED) is 0.752. The lowest BCUT2D eigenvalue weighted by Crippen LogP contribution is -2.15. The standard InChI is InChI=1S/C18H16ClN3OS/c19-14-6-2-1-4-13(14)11-22-9-8-20-18(22)21-17(23)16-10-12-5-3-7-15(12)24-16/h1-2,4,6,8-10H,3,5,7,11H2,(H,20,21,23). The third-order valence-corrected chi connectivity index (χ3v) is 5.81. The number of fused-ring (bicyclic) bond motifs is 1. The van der Waals surface area contributed by atoms with Gasteiger partial charge < -0.3 is 4.57 Å². The summed E-state index contributed by atoms with van der Waals surface area (Å²) in [5, 5.41) is 3.62. The molecule has 4 nitrogen and oxygen atoms in total. The van der Waals surface area contributed by atoms with Crippen LogP contribution in [0.25, 0.3) is 0 Å². The van der Waals surface area contributed by atoms with Gasteiger partial charge in [-0.25, -0.2) is 4.98 Å². The number of amides is 1. The van der Waals surface area contributed by atoms with E-state index in [1.54, 1.807) is 17.5 Å². The Labute approximate surface area is 149 Å². The summed E-state index contributed by atoms with van der Waals surface area (Å²) in [6, 6.07) is 9.70. The lowest BCUT2D eigenvalue weighted by molar-refractivity contribution is 0.102. The maximum absolute atomic E-state index is 12.5. The van der Waals surface area contributed by atoms with Crippen LogP contribution >= 0.6 is 22.9 Å². The van der Waals surface area contributed by atoms with Crippen molar-refractivity contribution in [1.82, 2.24) is 9.55 Å². The van der Waals surface area contributed by atoms with Crippen molar-refractivity contribution < 1.29 is 4.79 Å². The number of halogens is 1. The smallest absolute Gasteiger partial charge is 0.268 e. The maximum Gasteiger partial charge on any atom is 0.268 e. The van der Waals surface area contributed by atoms with E-state index < -0.39 is 0 Å². The molecule has 0 saturated carbocycles. The number of nitrogens with one attached hydrogen (secondary N) is 1. The molecule has 122 valence electrons. The molecule has 0 bridgehead atoms. The molecule has 0 aliphatic heterocycles. The highest BCUT2D eigenvalue weighted by Crippen LogP contribution is 2.31. The van der Waals surface area contributed by atoms with Gasteiger partial charge >= 0.3 is 0 Å². The van der Waals surface area contributed by atoms with E-state index in [9.17, 15) is 4.79 Å². The zero-order chi connectivity index (χ0) is 16.5. The summed E-state index contributed by atoms with van der Waals surface area (Å²) in [6.45, 7) is 0.566. The minimum Gasteiger partial charge on any atom is -0.313 e. The summed E-state index contributed by atoms with van der Waals surface area (Å²) >= 11 is 7.81. The minimum atomic E-state index is -0.0963. The average molecular weight is 358 g/mol. The zero-order valence-electron chi connectivity index (χ0n) is 13.0. The number of anilines is 1. The number of imidazole rings is 1. The van der Waals surface area contributed by atoms with Crippen LogP contribution < -0.4 is 5.32 Å². The van der Waals surface area contributed by atoms with Gasteiger partial charge in [0.05, 0.1) is 11.4 Å². The first-order chi connectivity index (χ1) is 11.7. The van der Waals surface area contributed by atoms with Crippen molar-refractivity contribution in [2.75, 3.05) is 5.32 Å². The molecule has 0 saturated heterocycles. The first-order valence-corrected chi connectivity index (χ1v) is 9.07. The largest absolute Gasteiger partial charge is 0.313 e. The van der Waals surface area contributed by atoms with Crippen molar-refractivity contribution in [3.8, 4) is 0 Å². The summed E-state index contributed by atoms with van der Waals surface area (Å²) in [5.41, 5.74) is 2.31. The van der Waals surface area contributed by atoms with E-state index in [0.29, 0.717) is 17.5 Å². The molecule has 1 aromatic carbocycles. The van der Waals surface area contributed by atoms with Crippen LogP contribution in [0, 0.1) is 0 Å². The Kier molecular flexibility index (Phi) is 4.12. The Hall–Kier alpha value is -2.11. The minimum absolute atomic E-state index is 0.0963. The Morgan fingerprint density at radius 2 is 2.21 bits per heavy atom. The molecule has 1 aliphatic rings. The molecule has 0 atom stereocenters. The molecule has 3 aromatic rings. The van der Waals surface area contributed by atoms with Gasteiger partial charge in [-0.2, -0.15) is 0 Å². The number of rotatable bonds is 4. The Bertz CT molecular complexity index is 878. The fourth-order valence-electron chi connectivity index (χ4n) is 2.98. The third kappa shape index (κ3) is 2.97. The monoisotopic (exact) mass is 357 g/mol. The Balaban J connectivity index is 1.52. The second-order valence-electron chi connectivity index (χ2n) is 5.84. The van der Waals surface area contributed by atoms with Gasteiger partial charge in [0, 0.05) is 22.3 Å². The topological polar surface area (TPSA) is 46.9 Å². The van der Waals surface area contributed by atoms with Gasteiger partial charge in [0.2, 0.25) is 5.95 Å². The molecule has 6 heteroatoms. The number of thiophene rings is 1. The van der Waals surface area contributed by atoms with Crippen molar-refractivity contribution in [2.24, 2.45) is 0 Å². The number of aryl methyl sites for hydroxylation is 2. The summed E-state index contributed by atoms with van der Waals surface area (Å²) in [6.07, 6.45) is 6.90. The number of carbonyl (C=O) groups is 1. The van der Waals surface area contributed by atoms with Gasteiger partial charge in [-0.3, -0.25) is 10.1 Å². The van der Waals surface area contributed by atoms with Crippen LogP contribution in [0.2, 0.25) is 5.02 Å². The van der Waals surface area contributed by atoms with Crippen LogP contribution in [-0.4, -0.2) is 15.5 Å². The van der Waals surface area contributed by atoms with E-state index in [-0.39, 0.29) is 5.91 Å². The molecule has 1 amide bonds. The predicted octanol–water partition coefficient (Wildman–Crippen LogP) is 4.39. The highest BCUT2D eigenvalue weighted by molar-refractivity contribution is 7.14. The molecule has 24 heavy (non-hydrogen) atoms. The van der Waals surface area contributed by atoms with Gasteiger partial charge in [0.25, 0.3) is 5.91 Å². The molecule has 1 aliphatic carbocycles. The molecule has 0 unspecified atom stereocenters. The summed E-state index contributed by atoms with van der Waals surface area (Å²) in [5.74, 6) is 0.439. The second kappa shape index (κ2) is 6.42. The fourth-order valence-corrected chi connectivity index (χ4v) is 4.32. The Morgan fingerprint density at radius 1 is 1.33 bits per heavy atom. The number of nitrogens with zero attached hydrogens (tertiary/aromatic N) is 2. The van der Waals surface area contributed by atoms with Crippen molar-refractivity contribution >= 4 is 34.8 Å². The molecule has 2 heterocycles. The molecule has 0 radical (unpaired) electrons. The van der Waals surface area contributed by atoms with Crippen LogP contribution in [0.5, 0.6) is 0 Å². The summed E-state index contributed by atoms with van der Waals surface area (Å²) in [7, 11) is 0. The van der Waals surface area contributed by atoms with Gasteiger partial charge in [0.15, 0.2) is 0 Å². The number of hydrogen-bond donors (Lipinski definition) is 1. The summed E-state index contributed by atoms with van der Waals surface area (Å²) < 4.78 is 1.89. The lowest BCUT2D eigenvalue weighted by Gasteiger charge is -2.09. The van der Waals surface area contributed by atoms with Crippen molar-refractivity contribution in [3.63, 3.8) is 0 Å². The van der Waals surface area contributed by atoms with Gasteiger partial charge in [0.1, 0.15) is 0 Å². The predicted molar refractivity (Wildman–Crippen MR) is 97.1 cm³/mol. The molecular formula is C18H16ClN3OS. The third-order valence-electron chi connectivity index (χ3n) is 4.21. The highest BCUT2D eigenvalue weighted by Gasteiger charge is 2.19. The number of hydrogen-bond acceptors (Lipinski definition) is 3. The second-order valence-corrected chi connectivity index (χ2v) is 7.38. The van der Waals surface area contributed by atoms with Crippen molar-refractivity contribution in [2.45, 2.75) is 25.8 Å². The first kappa shape index (κ1) is 15.4. The molecular weight excluding hydrogens is 342 g/mol. The number of benzene rings is 1. The molecule has 0 fully saturated rings. The van der Waals surface area contributed by atoms with E-state index in [4.69, 9.17) is 11.6 Å². The normalized spacial score (nSPS) is 13.0.